The molecule has 7 heteroatoms. The number of aromatic nitrogens is 3. The van der Waals surface area contributed by atoms with Crippen molar-refractivity contribution in [2.24, 2.45) is 0 Å². The normalized spacial score (nSPS) is 12.0. The minimum atomic E-state index is 0.302. The van der Waals surface area contributed by atoms with Crippen LogP contribution in [0.5, 0.6) is 6.01 Å². The van der Waals surface area contributed by atoms with Gasteiger partial charge in [0.1, 0.15) is 0 Å². The largest absolute Gasteiger partial charge is 0.464 e. The van der Waals surface area contributed by atoms with Crippen LogP contribution in [0.4, 0.5) is 11.9 Å². The van der Waals surface area contributed by atoms with Crippen LogP contribution in [-0.2, 0) is 0 Å². The van der Waals surface area contributed by atoms with Gasteiger partial charge in [-0.1, -0.05) is 13.8 Å². The molecule has 6 nitrogen and oxygen atoms in total. The minimum absolute atomic E-state index is 0.302. The van der Waals surface area contributed by atoms with E-state index in [1.807, 2.05) is 18.7 Å². The molecule has 1 atom stereocenters. The summed E-state index contributed by atoms with van der Waals surface area (Å²) >= 11 is 1.89. The third-order valence-corrected chi connectivity index (χ3v) is 3.51. The lowest BCUT2D eigenvalue weighted by molar-refractivity contribution is 0.312. The summed E-state index contributed by atoms with van der Waals surface area (Å²) in [4.78, 5) is 12.9. The molecule has 0 saturated carbocycles. The Balaban J connectivity index is 2.73. The molecule has 1 aromatic rings. The fraction of sp³-hybridized carbons (Fsp3) is 0.769. The minimum Gasteiger partial charge on any atom is -0.464 e. The first kappa shape index (κ1) is 16.8. The number of ether oxygens (including phenoxy) is 1. The van der Waals surface area contributed by atoms with Crippen LogP contribution < -0.4 is 15.4 Å². The number of hydrogen-bond acceptors (Lipinski definition) is 7. The molecular weight excluding hydrogens is 274 g/mol. The number of rotatable bonds is 10. The molecule has 114 valence electrons. The Bertz CT molecular complexity index is 391. The summed E-state index contributed by atoms with van der Waals surface area (Å²) in [6, 6.07) is 0.662. The van der Waals surface area contributed by atoms with Crippen LogP contribution in [0.25, 0.3) is 0 Å². The topological polar surface area (TPSA) is 72.0 Å². The average Bonchev–Trinajstić information content (AvgIpc) is 2.43. The van der Waals surface area contributed by atoms with Crippen molar-refractivity contribution in [3.05, 3.63) is 0 Å². The van der Waals surface area contributed by atoms with Gasteiger partial charge in [-0.05, 0) is 26.0 Å². The predicted molar refractivity (Wildman–Crippen MR) is 85.9 cm³/mol. The van der Waals surface area contributed by atoms with Crippen LogP contribution >= 0.6 is 11.8 Å². The Hall–Kier alpha value is -1.24. The van der Waals surface area contributed by atoms with Crippen molar-refractivity contribution in [1.82, 2.24) is 15.0 Å². The van der Waals surface area contributed by atoms with Gasteiger partial charge in [0.05, 0.1) is 6.61 Å². The van der Waals surface area contributed by atoms with Crippen molar-refractivity contribution in [1.29, 1.82) is 0 Å². The fourth-order valence-corrected chi connectivity index (χ4v) is 2.16. The van der Waals surface area contributed by atoms with Gasteiger partial charge >= 0.3 is 6.01 Å². The van der Waals surface area contributed by atoms with E-state index in [-0.39, 0.29) is 0 Å². The zero-order valence-electron chi connectivity index (χ0n) is 12.8. The molecule has 1 unspecified atom stereocenters. The summed E-state index contributed by atoms with van der Waals surface area (Å²) in [5.74, 6) is 3.25. The lowest BCUT2D eigenvalue weighted by Gasteiger charge is -2.14. The lowest BCUT2D eigenvalue weighted by Crippen LogP contribution is -2.21. The van der Waals surface area contributed by atoms with Gasteiger partial charge in [-0.2, -0.15) is 26.7 Å². The van der Waals surface area contributed by atoms with Crippen LogP contribution in [0, 0.1) is 0 Å². The maximum atomic E-state index is 5.38. The molecular formula is C13H25N5OS. The average molecular weight is 299 g/mol. The van der Waals surface area contributed by atoms with Gasteiger partial charge in [-0.25, -0.2) is 0 Å². The van der Waals surface area contributed by atoms with Crippen LogP contribution in [0.3, 0.4) is 0 Å². The first-order valence-electron chi connectivity index (χ1n) is 7.16. The number of hydrogen-bond donors (Lipinski definition) is 2. The highest BCUT2D eigenvalue weighted by Crippen LogP contribution is 2.13. The molecule has 1 heterocycles. The summed E-state index contributed by atoms with van der Waals surface area (Å²) in [7, 11) is 0. The van der Waals surface area contributed by atoms with Crippen molar-refractivity contribution in [3.8, 4) is 6.01 Å². The molecule has 0 radical (unpaired) electrons. The Morgan fingerprint density at radius 1 is 1.15 bits per heavy atom. The van der Waals surface area contributed by atoms with Crippen molar-refractivity contribution < 1.29 is 4.74 Å². The van der Waals surface area contributed by atoms with E-state index in [4.69, 9.17) is 4.74 Å². The number of nitrogens with zero attached hydrogens (tertiary/aromatic N) is 3. The SMILES string of the molecule is CCCNc1nc(NC(C)CSCC)nc(OCC)n1. The zero-order valence-corrected chi connectivity index (χ0v) is 13.6. The van der Waals surface area contributed by atoms with E-state index in [2.05, 4.69) is 46.4 Å². The van der Waals surface area contributed by atoms with E-state index >= 15 is 0 Å². The maximum absolute atomic E-state index is 5.38. The van der Waals surface area contributed by atoms with E-state index in [1.54, 1.807) is 0 Å². The number of thioether (sulfide) groups is 1. The molecule has 20 heavy (non-hydrogen) atoms. The Kier molecular flexibility index (Phi) is 8.10. The molecule has 0 fully saturated rings. The fourth-order valence-electron chi connectivity index (χ4n) is 1.49. The third kappa shape index (κ3) is 6.27. The van der Waals surface area contributed by atoms with Gasteiger partial charge in [0.25, 0.3) is 0 Å². The van der Waals surface area contributed by atoms with Crippen LogP contribution in [0.2, 0.25) is 0 Å². The van der Waals surface area contributed by atoms with Crippen molar-refractivity contribution in [3.63, 3.8) is 0 Å². The van der Waals surface area contributed by atoms with Gasteiger partial charge in [0, 0.05) is 18.3 Å². The molecule has 0 aliphatic rings. The molecule has 0 bridgehead atoms. The van der Waals surface area contributed by atoms with Gasteiger partial charge in [0.15, 0.2) is 0 Å². The van der Waals surface area contributed by atoms with Crippen LogP contribution in [0.1, 0.15) is 34.1 Å². The summed E-state index contributed by atoms with van der Waals surface area (Å²) in [6.45, 7) is 9.65. The monoisotopic (exact) mass is 299 g/mol. The summed E-state index contributed by atoms with van der Waals surface area (Å²) < 4.78 is 5.38. The quantitative estimate of drug-likeness (QED) is 0.688. The standard InChI is InChI=1S/C13H25N5OS/c1-5-8-14-11-16-12(15-10(4)9-20-7-3)18-13(17-11)19-6-2/h10H,5-9H2,1-4H3,(H2,14,15,16,17,18). The van der Waals surface area contributed by atoms with Gasteiger partial charge in [-0.15, -0.1) is 0 Å². The lowest BCUT2D eigenvalue weighted by atomic mass is 10.4. The van der Waals surface area contributed by atoms with Crippen LogP contribution in [0.15, 0.2) is 0 Å². The number of anilines is 2. The summed E-state index contributed by atoms with van der Waals surface area (Å²) in [5.41, 5.74) is 0. The van der Waals surface area contributed by atoms with Crippen molar-refractivity contribution in [2.45, 2.75) is 40.2 Å². The smallest absolute Gasteiger partial charge is 0.323 e. The van der Waals surface area contributed by atoms with E-state index in [9.17, 15) is 0 Å². The Morgan fingerprint density at radius 3 is 2.55 bits per heavy atom. The first-order valence-corrected chi connectivity index (χ1v) is 8.32. The summed E-state index contributed by atoms with van der Waals surface area (Å²) in [6.07, 6.45) is 1.02. The summed E-state index contributed by atoms with van der Waals surface area (Å²) in [5, 5.41) is 6.45. The van der Waals surface area contributed by atoms with E-state index in [0.29, 0.717) is 30.6 Å². The van der Waals surface area contributed by atoms with Gasteiger partial charge in [0.2, 0.25) is 11.9 Å². The molecule has 0 saturated heterocycles. The van der Waals surface area contributed by atoms with Crippen molar-refractivity contribution >= 4 is 23.7 Å². The van der Waals surface area contributed by atoms with Gasteiger partial charge < -0.3 is 15.4 Å². The van der Waals surface area contributed by atoms with E-state index in [0.717, 1.165) is 24.5 Å². The third-order valence-electron chi connectivity index (χ3n) is 2.37. The molecule has 0 aromatic carbocycles. The van der Waals surface area contributed by atoms with Crippen LogP contribution in [-0.4, -0.2) is 45.7 Å². The number of nitrogens with one attached hydrogen (secondary N) is 2. The predicted octanol–water partition coefficient (Wildman–Crippen LogP) is 2.65. The van der Waals surface area contributed by atoms with E-state index in [1.165, 1.54) is 0 Å². The van der Waals surface area contributed by atoms with Gasteiger partial charge in [-0.3, -0.25) is 0 Å². The second-order valence-electron chi connectivity index (χ2n) is 4.33. The second kappa shape index (κ2) is 9.63. The molecule has 0 amide bonds. The molecule has 0 aliphatic carbocycles. The highest BCUT2D eigenvalue weighted by atomic mass is 32.2. The van der Waals surface area contributed by atoms with E-state index < -0.39 is 0 Å². The molecule has 2 N–H and O–H groups in total. The second-order valence-corrected chi connectivity index (χ2v) is 5.65. The highest BCUT2D eigenvalue weighted by molar-refractivity contribution is 7.99. The molecule has 1 rings (SSSR count). The maximum Gasteiger partial charge on any atom is 0.323 e. The molecule has 1 aromatic heterocycles. The molecule has 0 aliphatic heterocycles. The zero-order chi connectivity index (χ0) is 14.8. The van der Waals surface area contributed by atoms with Crippen molar-refractivity contribution in [2.75, 3.05) is 35.3 Å². The Morgan fingerprint density at radius 2 is 1.90 bits per heavy atom. The Labute approximate surface area is 125 Å². The molecule has 0 spiro atoms. The first-order chi connectivity index (χ1) is 9.69. The highest BCUT2D eigenvalue weighted by Gasteiger charge is 2.09.